The summed E-state index contributed by atoms with van der Waals surface area (Å²) in [5, 5.41) is 7.14. The Labute approximate surface area is 114 Å². The molecular weight excluding hydrogens is 244 g/mol. The largest absolute Gasteiger partial charge is 0.383 e. The Morgan fingerprint density at radius 2 is 2.22 bits per heavy atom. The predicted octanol–water partition coefficient (Wildman–Crippen LogP) is 3.09. The first kappa shape index (κ1) is 14.0. The highest BCUT2D eigenvalue weighted by molar-refractivity contribution is 7.09. The molecule has 0 spiro atoms. The van der Waals surface area contributed by atoms with E-state index < -0.39 is 0 Å². The zero-order valence-electron chi connectivity index (χ0n) is 11.9. The molecule has 1 atom stereocenters. The minimum atomic E-state index is 0.0322. The first-order valence-corrected chi connectivity index (χ1v) is 7.56. The molecule has 1 unspecified atom stereocenters. The van der Waals surface area contributed by atoms with E-state index in [2.05, 4.69) is 31.5 Å². The van der Waals surface area contributed by atoms with Gasteiger partial charge in [-0.25, -0.2) is 4.98 Å². The predicted molar refractivity (Wildman–Crippen MR) is 76.0 cm³/mol. The molecule has 1 aliphatic carbocycles. The summed E-state index contributed by atoms with van der Waals surface area (Å²) in [6.45, 7) is 8.43. The van der Waals surface area contributed by atoms with Crippen LogP contribution < -0.4 is 5.32 Å². The molecule has 102 valence electrons. The molecule has 18 heavy (non-hydrogen) atoms. The Hall–Kier alpha value is -0.450. The number of rotatable bonds is 5. The lowest BCUT2D eigenvalue weighted by atomic mass is 9.75. The van der Waals surface area contributed by atoms with Crippen molar-refractivity contribution in [2.24, 2.45) is 5.41 Å². The normalized spacial score (nSPS) is 26.7. The van der Waals surface area contributed by atoms with Crippen molar-refractivity contribution in [3.05, 3.63) is 16.1 Å². The lowest BCUT2D eigenvalue weighted by Crippen LogP contribution is -2.51. The van der Waals surface area contributed by atoms with Crippen molar-refractivity contribution in [2.45, 2.75) is 45.6 Å². The molecule has 2 rings (SSSR count). The second-order valence-electron chi connectivity index (χ2n) is 5.86. The van der Waals surface area contributed by atoms with Gasteiger partial charge >= 0.3 is 0 Å². The topological polar surface area (TPSA) is 34.1 Å². The average molecular weight is 268 g/mol. The van der Waals surface area contributed by atoms with Crippen LogP contribution in [0.15, 0.2) is 5.38 Å². The van der Waals surface area contributed by atoms with Crippen molar-refractivity contribution in [3.8, 4) is 0 Å². The van der Waals surface area contributed by atoms with Gasteiger partial charge in [-0.15, -0.1) is 11.3 Å². The van der Waals surface area contributed by atoms with Gasteiger partial charge in [0.1, 0.15) is 5.01 Å². The molecular formula is C14H24N2OS. The number of nitrogens with one attached hydrogen (secondary N) is 1. The highest BCUT2D eigenvalue weighted by Gasteiger charge is 2.51. The number of aromatic nitrogens is 1. The van der Waals surface area contributed by atoms with Crippen molar-refractivity contribution in [3.63, 3.8) is 0 Å². The summed E-state index contributed by atoms with van der Waals surface area (Å²) < 4.78 is 5.18. The van der Waals surface area contributed by atoms with Gasteiger partial charge < -0.3 is 10.1 Å². The molecule has 4 heteroatoms. The quantitative estimate of drug-likeness (QED) is 0.833. The summed E-state index contributed by atoms with van der Waals surface area (Å²) in [5.41, 5.74) is 1.42. The number of hydrogen-bond acceptors (Lipinski definition) is 4. The van der Waals surface area contributed by atoms with Gasteiger partial charge in [-0.1, -0.05) is 20.3 Å². The van der Waals surface area contributed by atoms with Crippen LogP contribution in [-0.4, -0.2) is 25.2 Å². The standard InChI is InChI=1S/C14H24N2OS/c1-11-10-18-12(16-11)14(15-8-9-17-4)7-5-6-13(14,2)3/h10,15H,5-9H2,1-4H3. The third-order valence-electron chi connectivity index (χ3n) is 4.23. The summed E-state index contributed by atoms with van der Waals surface area (Å²) in [6.07, 6.45) is 3.70. The lowest BCUT2D eigenvalue weighted by Gasteiger charge is -2.41. The van der Waals surface area contributed by atoms with Crippen molar-refractivity contribution in [2.75, 3.05) is 20.3 Å². The monoisotopic (exact) mass is 268 g/mol. The molecule has 0 amide bonds. The van der Waals surface area contributed by atoms with E-state index >= 15 is 0 Å². The number of nitrogens with zero attached hydrogens (tertiary/aromatic N) is 1. The van der Waals surface area contributed by atoms with E-state index in [4.69, 9.17) is 9.72 Å². The molecule has 0 bridgehead atoms. The van der Waals surface area contributed by atoms with Crippen molar-refractivity contribution >= 4 is 11.3 Å². The Balaban J connectivity index is 2.28. The highest BCUT2D eigenvalue weighted by atomic mass is 32.1. The first-order chi connectivity index (χ1) is 8.52. The van der Waals surface area contributed by atoms with Crippen LogP contribution in [0, 0.1) is 12.3 Å². The maximum Gasteiger partial charge on any atom is 0.114 e. The Morgan fingerprint density at radius 3 is 2.72 bits per heavy atom. The maximum absolute atomic E-state index is 5.18. The fourth-order valence-corrected chi connectivity index (χ4v) is 4.25. The van der Waals surface area contributed by atoms with Crippen molar-refractivity contribution in [1.29, 1.82) is 0 Å². The van der Waals surface area contributed by atoms with Gasteiger partial charge in [0.2, 0.25) is 0 Å². The van der Waals surface area contributed by atoms with E-state index in [1.165, 1.54) is 24.3 Å². The minimum absolute atomic E-state index is 0.0322. The summed E-state index contributed by atoms with van der Waals surface area (Å²) in [5.74, 6) is 0. The number of aryl methyl sites for hydroxylation is 1. The zero-order chi connectivity index (χ0) is 13.2. The zero-order valence-corrected chi connectivity index (χ0v) is 12.7. The second-order valence-corrected chi connectivity index (χ2v) is 6.71. The molecule has 1 N–H and O–H groups in total. The molecule has 1 aliphatic rings. The third-order valence-corrected chi connectivity index (χ3v) is 5.35. The van der Waals surface area contributed by atoms with Gasteiger partial charge in [-0.3, -0.25) is 0 Å². The van der Waals surface area contributed by atoms with Crippen LogP contribution >= 0.6 is 11.3 Å². The van der Waals surface area contributed by atoms with Crippen LogP contribution in [0.4, 0.5) is 0 Å². The van der Waals surface area contributed by atoms with Gasteiger partial charge in [0.25, 0.3) is 0 Å². The highest BCUT2D eigenvalue weighted by Crippen LogP contribution is 2.52. The molecule has 3 nitrogen and oxygen atoms in total. The molecule has 0 aliphatic heterocycles. The third kappa shape index (κ3) is 2.33. The number of hydrogen-bond donors (Lipinski definition) is 1. The van der Waals surface area contributed by atoms with Crippen LogP contribution in [-0.2, 0) is 10.3 Å². The van der Waals surface area contributed by atoms with Crippen LogP contribution in [0.5, 0.6) is 0 Å². The number of methoxy groups -OCH3 is 1. The van der Waals surface area contributed by atoms with Gasteiger partial charge in [0.05, 0.1) is 12.1 Å². The van der Waals surface area contributed by atoms with Gasteiger partial charge in [-0.2, -0.15) is 0 Å². The Kier molecular flexibility index (Phi) is 4.09. The summed E-state index contributed by atoms with van der Waals surface area (Å²) in [4.78, 5) is 4.75. The fourth-order valence-electron chi connectivity index (χ4n) is 3.06. The van der Waals surface area contributed by atoms with Crippen LogP contribution in [0.25, 0.3) is 0 Å². The summed E-state index contributed by atoms with van der Waals surface area (Å²) >= 11 is 1.79. The van der Waals surface area contributed by atoms with E-state index in [0.717, 1.165) is 18.8 Å². The molecule has 1 saturated carbocycles. The molecule has 0 radical (unpaired) electrons. The molecule has 1 heterocycles. The molecule has 1 aromatic rings. The van der Waals surface area contributed by atoms with E-state index in [1.54, 1.807) is 18.4 Å². The van der Waals surface area contributed by atoms with E-state index in [1.807, 2.05) is 0 Å². The smallest absolute Gasteiger partial charge is 0.114 e. The number of thiazole rings is 1. The SMILES string of the molecule is COCCNC1(c2nc(C)cs2)CCCC1(C)C. The van der Waals surface area contributed by atoms with Gasteiger partial charge in [0.15, 0.2) is 0 Å². The van der Waals surface area contributed by atoms with Gasteiger partial charge in [0, 0.05) is 24.7 Å². The van der Waals surface area contributed by atoms with Crippen molar-refractivity contribution in [1.82, 2.24) is 10.3 Å². The Bertz CT molecular complexity index is 402. The lowest BCUT2D eigenvalue weighted by molar-refractivity contribution is 0.129. The van der Waals surface area contributed by atoms with E-state index in [0.29, 0.717) is 0 Å². The van der Waals surface area contributed by atoms with Crippen LogP contribution in [0.3, 0.4) is 0 Å². The summed E-state index contributed by atoms with van der Waals surface area (Å²) in [7, 11) is 1.75. The molecule has 1 fully saturated rings. The molecule has 1 aromatic heterocycles. The molecule has 0 saturated heterocycles. The van der Waals surface area contributed by atoms with Crippen LogP contribution in [0.2, 0.25) is 0 Å². The van der Waals surface area contributed by atoms with Crippen molar-refractivity contribution < 1.29 is 4.74 Å². The van der Waals surface area contributed by atoms with E-state index in [9.17, 15) is 0 Å². The minimum Gasteiger partial charge on any atom is -0.383 e. The van der Waals surface area contributed by atoms with Gasteiger partial charge in [-0.05, 0) is 25.2 Å². The second kappa shape index (κ2) is 5.27. The number of ether oxygens (including phenoxy) is 1. The maximum atomic E-state index is 5.18. The van der Waals surface area contributed by atoms with Crippen LogP contribution in [0.1, 0.15) is 43.8 Å². The summed E-state index contributed by atoms with van der Waals surface area (Å²) in [6, 6.07) is 0. The molecule has 0 aromatic carbocycles. The fraction of sp³-hybridized carbons (Fsp3) is 0.786. The van der Waals surface area contributed by atoms with E-state index in [-0.39, 0.29) is 11.0 Å². The average Bonchev–Trinajstić information content (AvgIpc) is 2.85. The Morgan fingerprint density at radius 1 is 1.44 bits per heavy atom. The first-order valence-electron chi connectivity index (χ1n) is 6.68.